The third kappa shape index (κ3) is 3.11. The molecule has 1 aromatic rings. The number of carbonyl (C=O) groups excluding carboxylic acids is 1. The van der Waals surface area contributed by atoms with Crippen LogP contribution in [-0.4, -0.2) is 57.4 Å². The van der Waals surface area contributed by atoms with E-state index in [1.165, 1.54) is 0 Å². The van der Waals surface area contributed by atoms with E-state index in [-0.39, 0.29) is 11.9 Å². The van der Waals surface area contributed by atoms with Crippen LogP contribution in [0.15, 0.2) is 18.2 Å². The summed E-state index contributed by atoms with van der Waals surface area (Å²) >= 11 is 0. The molecule has 1 heterocycles. The van der Waals surface area contributed by atoms with Crippen molar-refractivity contribution >= 4 is 5.91 Å². The number of nitrogens with zero attached hydrogens (tertiary/aromatic N) is 1. The van der Waals surface area contributed by atoms with E-state index in [1.807, 2.05) is 24.0 Å². The molecule has 0 aliphatic carbocycles. The molecule has 20 heavy (non-hydrogen) atoms. The van der Waals surface area contributed by atoms with Crippen molar-refractivity contribution in [1.29, 1.82) is 0 Å². The maximum absolute atomic E-state index is 12.6. The maximum atomic E-state index is 12.6. The summed E-state index contributed by atoms with van der Waals surface area (Å²) in [6, 6.07) is 5.46. The number of benzene rings is 1. The molecule has 1 saturated heterocycles. The minimum atomic E-state index is -0.0244. The molecule has 0 aromatic heterocycles. The minimum absolute atomic E-state index is 0.0149. The lowest BCUT2D eigenvalue weighted by molar-refractivity contribution is -0.0251. The molecule has 0 radical (unpaired) electrons. The molecule has 5 heteroatoms. The normalized spacial score (nSPS) is 18.9. The first kappa shape index (κ1) is 14.8. The van der Waals surface area contributed by atoms with Gasteiger partial charge in [-0.2, -0.15) is 0 Å². The Morgan fingerprint density at radius 1 is 1.45 bits per heavy atom. The molecule has 0 saturated carbocycles. The molecule has 0 spiro atoms. The van der Waals surface area contributed by atoms with Crippen LogP contribution in [0.1, 0.15) is 15.9 Å². The van der Waals surface area contributed by atoms with Gasteiger partial charge in [0.25, 0.3) is 5.91 Å². The van der Waals surface area contributed by atoms with E-state index in [2.05, 4.69) is 0 Å². The number of hydrogen-bond donors (Lipinski definition) is 0. The van der Waals surface area contributed by atoms with Crippen molar-refractivity contribution < 1.29 is 19.0 Å². The van der Waals surface area contributed by atoms with Crippen molar-refractivity contribution in [2.45, 2.75) is 13.0 Å². The van der Waals surface area contributed by atoms with Gasteiger partial charge < -0.3 is 19.1 Å². The summed E-state index contributed by atoms with van der Waals surface area (Å²) in [4.78, 5) is 14.4. The fraction of sp³-hybridized carbons (Fsp3) is 0.533. The van der Waals surface area contributed by atoms with Gasteiger partial charge in [-0.3, -0.25) is 4.79 Å². The topological polar surface area (TPSA) is 48.0 Å². The van der Waals surface area contributed by atoms with Crippen LogP contribution in [0.3, 0.4) is 0 Å². The van der Waals surface area contributed by atoms with Crippen molar-refractivity contribution in [3.63, 3.8) is 0 Å². The van der Waals surface area contributed by atoms with Crippen LogP contribution in [0.4, 0.5) is 0 Å². The summed E-state index contributed by atoms with van der Waals surface area (Å²) in [5.74, 6) is 0.804. The second kappa shape index (κ2) is 6.72. The highest BCUT2D eigenvalue weighted by atomic mass is 16.5. The molecular formula is C15H21NO4. The average molecular weight is 279 g/mol. The zero-order valence-electron chi connectivity index (χ0n) is 12.2. The highest BCUT2D eigenvalue weighted by Crippen LogP contribution is 2.20. The van der Waals surface area contributed by atoms with Crippen molar-refractivity contribution in [2.75, 3.05) is 40.6 Å². The van der Waals surface area contributed by atoms with Gasteiger partial charge in [-0.1, -0.05) is 0 Å². The number of ether oxygens (including phenoxy) is 3. The minimum Gasteiger partial charge on any atom is -0.496 e. The van der Waals surface area contributed by atoms with Crippen molar-refractivity contribution in [3.8, 4) is 5.75 Å². The Hall–Kier alpha value is -1.59. The molecule has 1 aromatic carbocycles. The first-order valence-electron chi connectivity index (χ1n) is 6.69. The molecule has 1 fully saturated rings. The van der Waals surface area contributed by atoms with Crippen molar-refractivity contribution in [3.05, 3.63) is 29.3 Å². The van der Waals surface area contributed by atoms with E-state index in [0.717, 1.165) is 11.3 Å². The highest BCUT2D eigenvalue weighted by molar-refractivity contribution is 5.95. The number of aryl methyl sites for hydroxylation is 1. The molecule has 110 valence electrons. The fourth-order valence-corrected chi connectivity index (χ4v) is 2.43. The second-order valence-corrected chi connectivity index (χ2v) is 4.87. The number of hydrogen-bond acceptors (Lipinski definition) is 4. The van der Waals surface area contributed by atoms with Gasteiger partial charge in [0.15, 0.2) is 0 Å². The zero-order valence-corrected chi connectivity index (χ0v) is 12.2. The Bertz CT molecular complexity index is 473. The number of amides is 1. The van der Waals surface area contributed by atoms with Crippen LogP contribution >= 0.6 is 0 Å². The summed E-state index contributed by atoms with van der Waals surface area (Å²) in [5.41, 5.74) is 1.63. The first-order chi connectivity index (χ1) is 9.67. The lowest BCUT2D eigenvalue weighted by Crippen LogP contribution is -2.50. The van der Waals surface area contributed by atoms with E-state index < -0.39 is 0 Å². The third-order valence-electron chi connectivity index (χ3n) is 3.49. The smallest absolute Gasteiger partial charge is 0.254 e. The molecule has 1 aliphatic rings. The zero-order chi connectivity index (χ0) is 14.5. The Labute approximate surface area is 119 Å². The lowest BCUT2D eigenvalue weighted by atomic mass is 10.1. The molecular weight excluding hydrogens is 258 g/mol. The molecule has 5 nitrogen and oxygen atoms in total. The van der Waals surface area contributed by atoms with Gasteiger partial charge in [-0.25, -0.2) is 0 Å². The molecule has 1 unspecified atom stereocenters. The van der Waals surface area contributed by atoms with E-state index in [9.17, 15) is 4.79 Å². The highest BCUT2D eigenvalue weighted by Gasteiger charge is 2.28. The molecule has 1 amide bonds. The number of methoxy groups -OCH3 is 2. The molecule has 0 bridgehead atoms. The van der Waals surface area contributed by atoms with E-state index >= 15 is 0 Å². The first-order valence-corrected chi connectivity index (χ1v) is 6.69. The Balaban J connectivity index is 2.18. The summed E-state index contributed by atoms with van der Waals surface area (Å²) in [5, 5.41) is 0. The number of carbonyl (C=O) groups is 1. The Morgan fingerprint density at radius 2 is 2.25 bits per heavy atom. The van der Waals surface area contributed by atoms with Gasteiger partial charge in [-0.05, 0) is 30.7 Å². The maximum Gasteiger partial charge on any atom is 0.254 e. The van der Waals surface area contributed by atoms with Gasteiger partial charge in [0, 0.05) is 19.2 Å². The lowest BCUT2D eigenvalue weighted by Gasteiger charge is -2.35. The fourth-order valence-electron chi connectivity index (χ4n) is 2.43. The predicted molar refractivity (Wildman–Crippen MR) is 75.3 cm³/mol. The Morgan fingerprint density at radius 3 is 2.90 bits per heavy atom. The molecule has 0 N–H and O–H groups in total. The van der Waals surface area contributed by atoms with Gasteiger partial charge in [0.2, 0.25) is 0 Å². The van der Waals surface area contributed by atoms with Gasteiger partial charge >= 0.3 is 0 Å². The number of rotatable bonds is 4. The second-order valence-electron chi connectivity index (χ2n) is 4.87. The van der Waals surface area contributed by atoms with Crippen LogP contribution in [0.5, 0.6) is 5.75 Å². The van der Waals surface area contributed by atoms with E-state index in [4.69, 9.17) is 14.2 Å². The molecule has 2 rings (SSSR count). The largest absolute Gasteiger partial charge is 0.496 e. The quantitative estimate of drug-likeness (QED) is 0.838. The number of morpholine rings is 1. The molecule has 1 atom stereocenters. The summed E-state index contributed by atoms with van der Waals surface area (Å²) < 4.78 is 15.8. The van der Waals surface area contributed by atoms with Crippen LogP contribution in [0, 0.1) is 6.92 Å². The van der Waals surface area contributed by atoms with Gasteiger partial charge in [0.05, 0.1) is 33.0 Å². The van der Waals surface area contributed by atoms with Gasteiger partial charge in [0.1, 0.15) is 5.75 Å². The van der Waals surface area contributed by atoms with Crippen molar-refractivity contribution in [2.24, 2.45) is 0 Å². The van der Waals surface area contributed by atoms with Crippen molar-refractivity contribution in [1.82, 2.24) is 4.90 Å². The van der Waals surface area contributed by atoms with E-state index in [1.54, 1.807) is 20.3 Å². The monoisotopic (exact) mass is 279 g/mol. The van der Waals surface area contributed by atoms with Crippen LogP contribution in [0.25, 0.3) is 0 Å². The summed E-state index contributed by atoms with van der Waals surface area (Å²) in [7, 11) is 3.26. The average Bonchev–Trinajstić information content (AvgIpc) is 2.47. The van der Waals surface area contributed by atoms with Gasteiger partial charge in [-0.15, -0.1) is 0 Å². The van der Waals surface area contributed by atoms with E-state index in [0.29, 0.717) is 31.9 Å². The molecule has 1 aliphatic heterocycles. The SMILES string of the molecule is COCC1COCCN1C(=O)c1ccc(OC)c(C)c1. The summed E-state index contributed by atoms with van der Waals surface area (Å²) in [6.45, 7) is 4.11. The Kier molecular flexibility index (Phi) is 4.98. The van der Waals surface area contributed by atoms with Crippen LogP contribution in [0.2, 0.25) is 0 Å². The standard InChI is InChI=1S/C15H21NO4/c1-11-8-12(4-5-14(11)19-3)15(17)16-6-7-20-10-13(16)9-18-2/h4-5,8,13H,6-7,9-10H2,1-3H3. The van der Waals surface area contributed by atoms with Crippen LogP contribution < -0.4 is 4.74 Å². The third-order valence-corrected chi connectivity index (χ3v) is 3.49. The van der Waals surface area contributed by atoms with Crippen LogP contribution in [-0.2, 0) is 9.47 Å². The summed E-state index contributed by atoms with van der Waals surface area (Å²) in [6.07, 6.45) is 0. The predicted octanol–water partition coefficient (Wildman–Crippen LogP) is 1.49.